The Morgan fingerprint density at radius 1 is 1.04 bits per heavy atom. The third-order valence-electron chi connectivity index (χ3n) is 5.04. The van der Waals surface area contributed by atoms with Gasteiger partial charge in [-0.05, 0) is 24.0 Å². The van der Waals surface area contributed by atoms with Crippen LogP contribution in [0.15, 0.2) is 60.7 Å². The Bertz CT molecular complexity index is 907. The van der Waals surface area contributed by atoms with Crippen LogP contribution in [0.2, 0.25) is 0 Å². The van der Waals surface area contributed by atoms with Gasteiger partial charge in [0.1, 0.15) is 0 Å². The highest BCUT2D eigenvalue weighted by Crippen LogP contribution is 2.24. The molecular weight excluding hydrogens is 350 g/mol. The second-order valence-corrected chi connectivity index (χ2v) is 7.09. The number of aromatic nitrogens is 2. The van der Waals surface area contributed by atoms with Gasteiger partial charge < -0.3 is 5.32 Å². The highest BCUT2D eigenvalue weighted by Gasteiger charge is 2.22. The van der Waals surface area contributed by atoms with E-state index in [1.165, 1.54) is 11.1 Å². The van der Waals surface area contributed by atoms with Gasteiger partial charge in [-0.15, -0.1) is 0 Å². The first-order valence-corrected chi connectivity index (χ1v) is 9.69. The number of nitrogens with zero attached hydrogens (tertiary/aromatic N) is 2. The fourth-order valence-corrected chi connectivity index (χ4v) is 3.57. The number of urea groups is 1. The molecule has 0 bridgehead atoms. The van der Waals surface area contributed by atoms with Crippen molar-refractivity contribution in [2.45, 2.75) is 25.9 Å². The van der Waals surface area contributed by atoms with Crippen LogP contribution < -0.4 is 10.6 Å². The van der Waals surface area contributed by atoms with E-state index >= 15 is 0 Å². The quantitative estimate of drug-likeness (QED) is 0.619. The van der Waals surface area contributed by atoms with Crippen LogP contribution in [0.5, 0.6) is 0 Å². The van der Waals surface area contributed by atoms with Crippen molar-refractivity contribution in [2.24, 2.45) is 0 Å². The van der Waals surface area contributed by atoms with E-state index in [1.807, 2.05) is 24.3 Å². The maximum atomic E-state index is 12.2. The number of carbonyl (C=O) groups is 1. The maximum absolute atomic E-state index is 12.2. The highest BCUT2D eigenvalue weighted by atomic mass is 16.2. The molecule has 6 nitrogen and oxygen atoms in total. The van der Waals surface area contributed by atoms with Crippen molar-refractivity contribution >= 4 is 11.8 Å². The number of hydrogen-bond acceptors (Lipinski definition) is 3. The number of benzene rings is 2. The Morgan fingerprint density at radius 2 is 1.75 bits per heavy atom. The number of nitrogens with one attached hydrogen (secondary N) is 3. The standard InChI is InChI=1S/C22H25N5O/c28-22(23-13-11-17-7-3-1-4-8-17)24-21-19-12-14-27(16-20(19)25-26-21)15-18-9-5-2-6-10-18/h1-10H,11-16H2,(H3,23,24,25,26,28). The van der Waals surface area contributed by atoms with Gasteiger partial charge in [-0.3, -0.25) is 15.3 Å². The SMILES string of the molecule is O=C(NCCc1ccccc1)Nc1n[nH]c2c1CCN(Cc1ccccc1)C2. The molecule has 0 atom stereocenters. The first-order valence-electron chi connectivity index (χ1n) is 9.69. The molecule has 1 aliphatic rings. The normalized spacial score (nSPS) is 13.7. The molecule has 4 rings (SSSR count). The third-order valence-corrected chi connectivity index (χ3v) is 5.04. The lowest BCUT2D eigenvalue weighted by Gasteiger charge is -2.26. The lowest BCUT2D eigenvalue weighted by molar-refractivity contribution is 0.242. The van der Waals surface area contributed by atoms with Gasteiger partial charge >= 0.3 is 6.03 Å². The molecule has 2 aromatic carbocycles. The molecule has 3 aromatic rings. The van der Waals surface area contributed by atoms with Crippen LogP contribution in [0.1, 0.15) is 22.4 Å². The number of aromatic amines is 1. The van der Waals surface area contributed by atoms with E-state index < -0.39 is 0 Å². The molecule has 2 heterocycles. The second-order valence-electron chi connectivity index (χ2n) is 7.09. The zero-order chi connectivity index (χ0) is 19.2. The number of anilines is 1. The predicted octanol–water partition coefficient (Wildman–Crippen LogP) is 3.33. The molecule has 3 N–H and O–H groups in total. The average Bonchev–Trinajstić information content (AvgIpc) is 3.11. The Morgan fingerprint density at radius 3 is 2.50 bits per heavy atom. The van der Waals surface area contributed by atoms with Crippen LogP contribution in [0.4, 0.5) is 10.6 Å². The summed E-state index contributed by atoms with van der Waals surface area (Å²) in [7, 11) is 0. The third kappa shape index (κ3) is 4.58. The molecule has 1 aromatic heterocycles. The molecular formula is C22H25N5O. The van der Waals surface area contributed by atoms with E-state index in [2.05, 4.69) is 62.1 Å². The lowest BCUT2D eigenvalue weighted by Crippen LogP contribution is -2.32. The Labute approximate surface area is 165 Å². The summed E-state index contributed by atoms with van der Waals surface area (Å²) in [6.45, 7) is 3.27. The van der Waals surface area contributed by atoms with E-state index in [9.17, 15) is 4.79 Å². The smallest absolute Gasteiger partial charge is 0.320 e. The van der Waals surface area contributed by atoms with Gasteiger partial charge in [0.05, 0.1) is 5.69 Å². The minimum Gasteiger partial charge on any atom is -0.337 e. The summed E-state index contributed by atoms with van der Waals surface area (Å²) < 4.78 is 0. The van der Waals surface area contributed by atoms with Crippen molar-refractivity contribution in [3.63, 3.8) is 0 Å². The number of hydrogen-bond donors (Lipinski definition) is 3. The van der Waals surface area contributed by atoms with Crippen molar-refractivity contribution < 1.29 is 4.79 Å². The van der Waals surface area contributed by atoms with Crippen LogP contribution in [0, 0.1) is 0 Å². The highest BCUT2D eigenvalue weighted by molar-refractivity contribution is 5.89. The van der Waals surface area contributed by atoms with E-state index in [0.717, 1.165) is 43.7 Å². The van der Waals surface area contributed by atoms with Gasteiger partial charge in [-0.25, -0.2) is 4.79 Å². The van der Waals surface area contributed by atoms with Gasteiger partial charge in [-0.2, -0.15) is 5.10 Å². The van der Waals surface area contributed by atoms with E-state index in [4.69, 9.17) is 0 Å². The number of H-pyrrole nitrogens is 1. The van der Waals surface area contributed by atoms with E-state index in [0.29, 0.717) is 12.4 Å². The molecule has 0 spiro atoms. The van der Waals surface area contributed by atoms with Crippen LogP contribution >= 0.6 is 0 Å². The summed E-state index contributed by atoms with van der Waals surface area (Å²) >= 11 is 0. The molecule has 6 heteroatoms. The van der Waals surface area contributed by atoms with E-state index in [1.54, 1.807) is 0 Å². The fourth-order valence-electron chi connectivity index (χ4n) is 3.57. The lowest BCUT2D eigenvalue weighted by atomic mass is 10.1. The average molecular weight is 375 g/mol. The summed E-state index contributed by atoms with van der Waals surface area (Å²) in [6.07, 6.45) is 1.68. The largest absolute Gasteiger partial charge is 0.337 e. The summed E-state index contributed by atoms with van der Waals surface area (Å²) in [4.78, 5) is 14.6. The zero-order valence-corrected chi connectivity index (χ0v) is 15.8. The van der Waals surface area contributed by atoms with Crippen LogP contribution in [-0.2, 0) is 25.9 Å². The minimum atomic E-state index is -0.211. The molecule has 0 aliphatic carbocycles. The number of fused-ring (bicyclic) bond motifs is 1. The summed E-state index contributed by atoms with van der Waals surface area (Å²) in [5.74, 6) is 0.645. The number of carbonyl (C=O) groups excluding carboxylic acids is 1. The molecule has 0 saturated heterocycles. The predicted molar refractivity (Wildman–Crippen MR) is 110 cm³/mol. The molecule has 1 aliphatic heterocycles. The topological polar surface area (TPSA) is 73.0 Å². The van der Waals surface area contributed by atoms with Crippen molar-refractivity contribution in [1.82, 2.24) is 20.4 Å². The molecule has 2 amide bonds. The summed E-state index contributed by atoms with van der Waals surface area (Å²) in [6, 6.07) is 20.4. The number of amides is 2. The fraction of sp³-hybridized carbons (Fsp3) is 0.273. The van der Waals surface area contributed by atoms with Crippen molar-refractivity contribution in [3.8, 4) is 0 Å². The summed E-state index contributed by atoms with van der Waals surface area (Å²) in [5.41, 5.74) is 4.71. The van der Waals surface area contributed by atoms with Crippen molar-refractivity contribution in [2.75, 3.05) is 18.4 Å². The van der Waals surface area contributed by atoms with Gasteiger partial charge in [0.2, 0.25) is 0 Å². The van der Waals surface area contributed by atoms with Gasteiger partial charge in [-0.1, -0.05) is 60.7 Å². The maximum Gasteiger partial charge on any atom is 0.320 e. The van der Waals surface area contributed by atoms with Crippen LogP contribution in [0.3, 0.4) is 0 Å². The van der Waals surface area contributed by atoms with Crippen LogP contribution in [-0.4, -0.2) is 34.2 Å². The Balaban J connectivity index is 1.28. The van der Waals surface area contributed by atoms with Gasteiger partial charge in [0.15, 0.2) is 5.82 Å². The first-order chi connectivity index (χ1) is 13.8. The minimum absolute atomic E-state index is 0.211. The van der Waals surface area contributed by atoms with Crippen molar-refractivity contribution in [3.05, 3.63) is 83.0 Å². The molecule has 0 radical (unpaired) electrons. The van der Waals surface area contributed by atoms with E-state index in [-0.39, 0.29) is 6.03 Å². The molecule has 144 valence electrons. The number of rotatable bonds is 6. The van der Waals surface area contributed by atoms with Crippen molar-refractivity contribution in [1.29, 1.82) is 0 Å². The molecule has 28 heavy (non-hydrogen) atoms. The van der Waals surface area contributed by atoms with Crippen LogP contribution in [0.25, 0.3) is 0 Å². The zero-order valence-electron chi connectivity index (χ0n) is 15.8. The first kappa shape index (κ1) is 18.3. The Kier molecular flexibility index (Phi) is 5.68. The Hall–Kier alpha value is -3.12. The molecule has 0 saturated carbocycles. The monoisotopic (exact) mass is 375 g/mol. The summed E-state index contributed by atoms with van der Waals surface area (Å²) in [5, 5.41) is 13.2. The van der Waals surface area contributed by atoms with Gasteiger partial charge in [0, 0.05) is 31.7 Å². The molecule has 0 unspecified atom stereocenters. The van der Waals surface area contributed by atoms with Gasteiger partial charge in [0.25, 0.3) is 0 Å². The second kappa shape index (κ2) is 8.71. The molecule has 0 fully saturated rings.